The number of aromatic carboxylic acids is 1. The zero-order valence-corrected chi connectivity index (χ0v) is 11.7. The molecule has 0 spiro atoms. The van der Waals surface area contributed by atoms with Crippen LogP contribution in [0, 0.1) is 0 Å². The van der Waals surface area contributed by atoms with Gasteiger partial charge in [-0.2, -0.15) is 11.8 Å². The van der Waals surface area contributed by atoms with Gasteiger partial charge in [-0.3, -0.25) is 0 Å². The standard InChI is InChI=1S/C12H16ClNO2S/c1-8(7-17-3)14(2)11-5-4-9(13)6-10(11)12(15)16/h4-6,8H,7H2,1-3H3,(H,15,16). The van der Waals surface area contributed by atoms with Gasteiger partial charge in [-0.15, -0.1) is 0 Å². The van der Waals surface area contributed by atoms with Crippen molar-refractivity contribution in [2.24, 2.45) is 0 Å². The maximum atomic E-state index is 11.2. The number of carboxylic acid groups (broad SMARTS) is 1. The molecule has 0 amide bonds. The average molecular weight is 274 g/mol. The summed E-state index contributed by atoms with van der Waals surface area (Å²) < 4.78 is 0. The van der Waals surface area contributed by atoms with Crippen LogP contribution in [0.1, 0.15) is 17.3 Å². The first-order chi connectivity index (χ1) is 7.97. The monoisotopic (exact) mass is 273 g/mol. The van der Waals surface area contributed by atoms with E-state index in [-0.39, 0.29) is 11.6 Å². The van der Waals surface area contributed by atoms with E-state index in [0.717, 1.165) is 5.75 Å². The lowest BCUT2D eigenvalue weighted by Crippen LogP contribution is -2.32. The van der Waals surface area contributed by atoms with Crippen molar-refractivity contribution in [2.45, 2.75) is 13.0 Å². The number of thioether (sulfide) groups is 1. The minimum atomic E-state index is -0.953. The predicted octanol–water partition coefficient (Wildman–Crippen LogP) is 3.23. The summed E-state index contributed by atoms with van der Waals surface area (Å²) in [7, 11) is 1.90. The highest BCUT2D eigenvalue weighted by molar-refractivity contribution is 7.98. The van der Waals surface area contributed by atoms with Crippen molar-refractivity contribution in [1.29, 1.82) is 0 Å². The van der Waals surface area contributed by atoms with Crippen molar-refractivity contribution in [3.05, 3.63) is 28.8 Å². The van der Waals surface area contributed by atoms with Crippen LogP contribution in [0.3, 0.4) is 0 Å². The summed E-state index contributed by atoms with van der Waals surface area (Å²) in [6.45, 7) is 2.07. The molecule has 17 heavy (non-hydrogen) atoms. The Labute approximate surface area is 111 Å². The number of benzene rings is 1. The lowest BCUT2D eigenvalue weighted by Gasteiger charge is -2.27. The van der Waals surface area contributed by atoms with Crippen LogP contribution in [0.5, 0.6) is 0 Å². The summed E-state index contributed by atoms with van der Waals surface area (Å²) in [5, 5.41) is 9.60. The fourth-order valence-corrected chi connectivity index (χ4v) is 2.46. The van der Waals surface area contributed by atoms with Crippen LogP contribution in [-0.2, 0) is 0 Å². The topological polar surface area (TPSA) is 40.5 Å². The van der Waals surface area contributed by atoms with Crippen LogP contribution in [-0.4, -0.2) is 36.2 Å². The molecule has 1 rings (SSSR count). The van der Waals surface area contributed by atoms with Gasteiger partial charge in [-0.1, -0.05) is 11.6 Å². The second kappa shape index (κ2) is 6.17. The number of nitrogens with zero attached hydrogens (tertiary/aromatic N) is 1. The maximum Gasteiger partial charge on any atom is 0.337 e. The smallest absolute Gasteiger partial charge is 0.337 e. The highest BCUT2D eigenvalue weighted by Crippen LogP contribution is 2.25. The highest BCUT2D eigenvalue weighted by Gasteiger charge is 2.17. The summed E-state index contributed by atoms with van der Waals surface area (Å²) in [6, 6.07) is 5.22. The Morgan fingerprint density at radius 3 is 2.76 bits per heavy atom. The zero-order valence-electron chi connectivity index (χ0n) is 10.1. The molecule has 3 nitrogen and oxygen atoms in total. The summed E-state index contributed by atoms with van der Waals surface area (Å²) in [5.41, 5.74) is 0.941. The van der Waals surface area contributed by atoms with E-state index in [1.54, 1.807) is 23.9 Å². The molecule has 1 atom stereocenters. The number of halogens is 1. The van der Waals surface area contributed by atoms with Crippen LogP contribution in [0.4, 0.5) is 5.69 Å². The number of rotatable bonds is 5. The van der Waals surface area contributed by atoms with Gasteiger partial charge in [0.1, 0.15) is 0 Å². The Hall–Kier alpha value is -0.870. The molecule has 5 heteroatoms. The van der Waals surface area contributed by atoms with Gasteiger partial charge in [-0.25, -0.2) is 4.79 Å². The van der Waals surface area contributed by atoms with Gasteiger partial charge in [0, 0.05) is 23.9 Å². The molecule has 1 aromatic carbocycles. The van der Waals surface area contributed by atoms with Gasteiger partial charge in [-0.05, 0) is 31.4 Å². The first-order valence-electron chi connectivity index (χ1n) is 5.22. The Balaban J connectivity index is 3.08. The van der Waals surface area contributed by atoms with Gasteiger partial charge in [0.2, 0.25) is 0 Å². The molecule has 0 aliphatic rings. The summed E-state index contributed by atoms with van der Waals surface area (Å²) in [5.74, 6) is -0.0104. The van der Waals surface area contributed by atoms with Crippen molar-refractivity contribution in [3.63, 3.8) is 0 Å². The van der Waals surface area contributed by atoms with Gasteiger partial charge in [0.15, 0.2) is 0 Å². The van der Waals surface area contributed by atoms with Gasteiger partial charge in [0.05, 0.1) is 11.3 Å². The summed E-state index contributed by atoms with van der Waals surface area (Å²) in [4.78, 5) is 13.1. The van der Waals surface area contributed by atoms with Gasteiger partial charge < -0.3 is 10.0 Å². The molecule has 0 aliphatic carbocycles. The number of carbonyl (C=O) groups is 1. The lowest BCUT2D eigenvalue weighted by atomic mass is 10.1. The Morgan fingerprint density at radius 2 is 2.24 bits per heavy atom. The molecule has 0 bridgehead atoms. The van der Waals surface area contributed by atoms with Crippen molar-refractivity contribution in [3.8, 4) is 0 Å². The SMILES string of the molecule is CSCC(C)N(C)c1ccc(Cl)cc1C(=O)O. The quantitative estimate of drug-likeness (QED) is 0.894. The third-order valence-electron chi connectivity index (χ3n) is 2.64. The molecule has 0 aliphatic heterocycles. The molecule has 1 aromatic rings. The third kappa shape index (κ3) is 3.54. The van der Waals surface area contributed by atoms with Crippen LogP contribution in [0.2, 0.25) is 5.02 Å². The van der Waals surface area contributed by atoms with Crippen LogP contribution < -0.4 is 4.90 Å². The normalized spacial score (nSPS) is 12.2. The van der Waals surface area contributed by atoms with Crippen molar-refractivity contribution in [1.82, 2.24) is 0 Å². The Kier molecular flexibility index (Phi) is 5.15. The van der Waals surface area contributed by atoms with Crippen molar-refractivity contribution < 1.29 is 9.90 Å². The number of hydrogen-bond acceptors (Lipinski definition) is 3. The molecule has 94 valence electrons. The largest absolute Gasteiger partial charge is 0.478 e. The molecule has 0 aromatic heterocycles. The average Bonchev–Trinajstić information content (AvgIpc) is 2.28. The molecule has 0 fully saturated rings. The van der Waals surface area contributed by atoms with Gasteiger partial charge in [0.25, 0.3) is 0 Å². The van der Waals surface area contributed by atoms with Gasteiger partial charge >= 0.3 is 5.97 Å². The van der Waals surface area contributed by atoms with E-state index in [1.165, 1.54) is 6.07 Å². The predicted molar refractivity (Wildman–Crippen MR) is 74.7 cm³/mol. The number of carboxylic acids is 1. The van der Waals surface area contributed by atoms with E-state index in [4.69, 9.17) is 16.7 Å². The van der Waals surface area contributed by atoms with Crippen molar-refractivity contribution >= 4 is 35.0 Å². The van der Waals surface area contributed by atoms with E-state index in [1.807, 2.05) is 18.2 Å². The molecular weight excluding hydrogens is 258 g/mol. The molecule has 0 saturated carbocycles. The van der Waals surface area contributed by atoms with Crippen LogP contribution in [0.25, 0.3) is 0 Å². The fraction of sp³-hybridized carbons (Fsp3) is 0.417. The third-order valence-corrected chi connectivity index (χ3v) is 3.69. The molecule has 1 N–H and O–H groups in total. The minimum absolute atomic E-state index is 0.243. The van der Waals surface area contributed by atoms with E-state index >= 15 is 0 Å². The second-order valence-electron chi connectivity index (χ2n) is 3.88. The molecule has 0 radical (unpaired) electrons. The summed E-state index contributed by atoms with van der Waals surface area (Å²) in [6.07, 6.45) is 2.03. The molecule has 0 heterocycles. The second-order valence-corrected chi connectivity index (χ2v) is 5.23. The van der Waals surface area contributed by atoms with E-state index in [0.29, 0.717) is 10.7 Å². The van der Waals surface area contributed by atoms with Crippen LogP contribution in [0.15, 0.2) is 18.2 Å². The van der Waals surface area contributed by atoms with E-state index < -0.39 is 5.97 Å². The zero-order chi connectivity index (χ0) is 13.0. The maximum absolute atomic E-state index is 11.2. The number of hydrogen-bond donors (Lipinski definition) is 1. The Morgan fingerprint density at radius 1 is 1.59 bits per heavy atom. The van der Waals surface area contributed by atoms with E-state index in [2.05, 4.69) is 6.92 Å². The highest BCUT2D eigenvalue weighted by atomic mass is 35.5. The molecule has 0 saturated heterocycles. The molecular formula is C12H16ClNO2S. The Bertz CT molecular complexity index is 411. The fourth-order valence-electron chi connectivity index (χ4n) is 1.58. The number of anilines is 1. The lowest BCUT2D eigenvalue weighted by molar-refractivity contribution is 0.0697. The minimum Gasteiger partial charge on any atom is -0.478 e. The molecule has 1 unspecified atom stereocenters. The first kappa shape index (κ1) is 14.2. The summed E-state index contributed by atoms with van der Waals surface area (Å²) >= 11 is 7.56. The van der Waals surface area contributed by atoms with E-state index in [9.17, 15) is 4.79 Å². The van der Waals surface area contributed by atoms with Crippen molar-refractivity contribution in [2.75, 3.05) is 24.0 Å². The first-order valence-corrected chi connectivity index (χ1v) is 6.99. The van der Waals surface area contributed by atoms with Crippen LogP contribution >= 0.6 is 23.4 Å².